The Balaban J connectivity index is 1.80. The van der Waals surface area contributed by atoms with Crippen LogP contribution in [0.3, 0.4) is 0 Å². The Kier molecular flexibility index (Phi) is 5.61. The molecule has 1 aliphatic heterocycles. The fourth-order valence-corrected chi connectivity index (χ4v) is 3.26. The summed E-state index contributed by atoms with van der Waals surface area (Å²) in [4.78, 5) is 14.2. The molecule has 110 valence electrons. The molecule has 1 aliphatic rings. The minimum atomic E-state index is 0.243. The Bertz CT molecular complexity index is 454. The predicted octanol–water partition coefficient (Wildman–Crippen LogP) is 2.97. The SMILES string of the molecule is CC(N)C1CCN(C(=O)CCc2ccccc2Br)CC1. The normalized spacial score (nSPS) is 18.1. The summed E-state index contributed by atoms with van der Waals surface area (Å²) >= 11 is 3.53. The van der Waals surface area contributed by atoms with E-state index in [9.17, 15) is 4.79 Å². The van der Waals surface area contributed by atoms with Crippen molar-refractivity contribution in [2.75, 3.05) is 13.1 Å². The first-order valence-corrected chi connectivity index (χ1v) is 8.14. The highest BCUT2D eigenvalue weighted by Gasteiger charge is 2.24. The zero-order valence-corrected chi connectivity index (χ0v) is 13.6. The van der Waals surface area contributed by atoms with E-state index in [2.05, 4.69) is 28.9 Å². The molecule has 1 saturated heterocycles. The van der Waals surface area contributed by atoms with E-state index in [0.29, 0.717) is 12.3 Å². The molecule has 1 aromatic rings. The van der Waals surface area contributed by atoms with E-state index >= 15 is 0 Å². The van der Waals surface area contributed by atoms with Crippen molar-refractivity contribution in [2.45, 2.75) is 38.6 Å². The van der Waals surface area contributed by atoms with Crippen molar-refractivity contribution in [3.63, 3.8) is 0 Å². The van der Waals surface area contributed by atoms with E-state index in [1.54, 1.807) is 0 Å². The van der Waals surface area contributed by atoms with Crippen LogP contribution in [0.5, 0.6) is 0 Å². The Morgan fingerprint density at radius 2 is 2.05 bits per heavy atom. The summed E-state index contributed by atoms with van der Waals surface area (Å²) in [7, 11) is 0. The molecule has 1 aromatic carbocycles. The molecule has 0 radical (unpaired) electrons. The van der Waals surface area contributed by atoms with E-state index in [-0.39, 0.29) is 11.9 Å². The molecule has 0 spiro atoms. The van der Waals surface area contributed by atoms with Crippen LogP contribution in [0.25, 0.3) is 0 Å². The number of nitrogens with two attached hydrogens (primary N) is 1. The standard InChI is InChI=1S/C16H23BrN2O/c1-12(18)13-8-10-19(11-9-13)16(20)7-6-14-4-2-3-5-15(14)17/h2-5,12-13H,6-11,18H2,1H3. The van der Waals surface area contributed by atoms with Crippen molar-refractivity contribution in [1.29, 1.82) is 0 Å². The number of piperidine rings is 1. The number of likely N-dealkylation sites (tertiary alicyclic amines) is 1. The Hall–Kier alpha value is -0.870. The third kappa shape index (κ3) is 4.06. The molecule has 1 amide bonds. The highest BCUT2D eigenvalue weighted by molar-refractivity contribution is 9.10. The van der Waals surface area contributed by atoms with Crippen LogP contribution in [0.4, 0.5) is 0 Å². The van der Waals surface area contributed by atoms with E-state index in [1.165, 1.54) is 5.56 Å². The van der Waals surface area contributed by atoms with Crippen molar-refractivity contribution in [2.24, 2.45) is 11.7 Å². The lowest BCUT2D eigenvalue weighted by Crippen LogP contribution is -2.42. The van der Waals surface area contributed by atoms with Crippen LogP contribution >= 0.6 is 15.9 Å². The zero-order valence-electron chi connectivity index (χ0n) is 12.0. The monoisotopic (exact) mass is 338 g/mol. The molecule has 1 fully saturated rings. The molecular weight excluding hydrogens is 316 g/mol. The maximum atomic E-state index is 12.2. The molecule has 2 N–H and O–H groups in total. The lowest BCUT2D eigenvalue weighted by Gasteiger charge is -2.33. The van der Waals surface area contributed by atoms with Gasteiger partial charge in [0.15, 0.2) is 0 Å². The van der Waals surface area contributed by atoms with Crippen LogP contribution in [0.2, 0.25) is 0 Å². The third-order valence-corrected chi connectivity index (χ3v) is 4.98. The fourth-order valence-electron chi connectivity index (χ4n) is 2.78. The fraction of sp³-hybridized carbons (Fsp3) is 0.562. The van der Waals surface area contributed by atoms with Crippen molar-refractivity contribution >= 4 is 21.8 Å². The highest BCUT2D eigenvalue weighted by Crippen LogP contribution is 2.21. The van der Waals surface area contributed by atoms with Crippen LogP contribution in [0.15, 0.2) is 28.7 Å². The van der Waals surface area contributed by atoms with E-state index in [1.807, 2.05) is 23.1 Å². The number of benzene rings is 1. The van der Waals surface area contributed by atoms with Crippen LogP contribution in [0, 0.1) is 5.92 Å². The van der Waals surface area contributed by atoms with Crippen LogP contribution < -0.4 is 5.73 Å². The summed E-state index contributed by atoms with van der Waals surface area (Å²) in [6.07, 6.45) is 3.47. The summed E-state index contributed by atoms with van der Waals surface area (Å²) in [5, 5.41) is 0. The number of carbonyl (C=O) groups is 1. The number of rotatable bonds is 4. The highest BCUT2D eigenvalue weighted by atomic mass is 79.9. The number of amides is 1. The lowest BCUT2D eigenvalue weighted by molar-refractivity contribution is -0.132. The largest absolute Gasteiger partial charge is 0.343 e. The zero-order chi connectivity index (χ0) is 14.5. The molecule has 2 rings (SSSR count). The van der Waals surface area contributed by atoms with Gasteiger partial charge in [-0.3, -0.25) is 4.79 Å². The molecule has 1 unspecified atom stereocenters. The first kappa shape index (κ1) is 15.5. The van der Waals surface area contributed by atoms with Gasteiger partial charge in [0.25, 0.3) is 0 Å². The molecule has 1 atom stereocenters. The molecule has 3 nitrogen and oxygen atoms in total. The third-order valence-electron chi connectivity index (χ3n) is 4.20. The summed E-state index contributed by atoms with van der Waals surface area (Å²) < 4.78 is 1.09. The molecule has 0 bridgehead atoms. The van der Waals surface area contributed by atoms with Crippen LogP contribution in [-0.4, -0.2) is 29.9 Å². The minimum Gasteiger partial charge on any atom is -0.343 e. The number of carbonyl (C=O) groups excluding carboxylic acids is 1. The molecule has 0 aromatic heterocycles. The smallest absolute Gasteiger partial charge is 0.222 e. The van der Waals surface area contributed by atoms with Crippen molar-refractivity contribution in [1.82, 2.24) is 4.90 Å². The van der Waals surface area contributed by atoms with Gasteiger partial charge in [-0.2, -0.15) is 0 Å². The summed E-state index contributed by atoms with van der Waals surface area (Å²) in [6, 6.07) is 8.34. The van der Waals surface area contributed by atoms with Crippen molar-refractivity contribution in [3.8, 4) is 0 Å². The van der Waals surface area contributed by atoms with E-state index in [0.717, 1.165) is 36.8 Å². The first-order valence-electron chi connectivity index (χ1n) is 7.34. The summed E-state index contributed by atoms with van der Waals surface area (Å²) in [5.74, 6) is 0.839. The summed E-state index contributed by atoms with van der Waals surface area (Å²) in [5.41, 5.74) is 7.13. The van der Waals surface area contributed by atoms with E-state index < -0.39 is 0 Å². The van der Waals surface area contributed by atoms with Gasteiger partial charge in [0.05, 0.1) is 0 Å². The van der Waals surface area contributed by atoms with Gasteiger partial charge in [-0.05, 0) is 43.7 Å². The number of aryl methyl sites for hydroxylation is 1. The van der Waals surface area contributed by atoms with Gasteiger partial charge in [0.1, 0.15) is 0 Å². The Morgan fingerprint density at radius 1 is 1.40 bits per heavy atom. The molecule has 4 heteroatoms. The average Bonchev–Trinajstić information content (AvgIpc) is 2.46. The number of halogens is 1. The van der Waals surface area contributed by atoms with Crippen LogP contribution in [-0.2, 0) is 11.2 Å². The maximum Gasteiger partial charge on any atom is 0.222 e. The Morgan fingerprint density at radius 3 is 2.65 bits per heavy atom. The maximum absolute atomic E-state index is 12.2. The first-order chi connectivity index (χ1) is 9.58. The second-order valence-electron chi connectivity index (χ2n) is 5.67. The number of hydrogen-bond donors (Lipinski definition) is 1. The second-order valence-corrected chi connectivity index (χ2v) is 6.52. The molecule has 0 aliphatic carbocycles. The quantitative estimate of drug-likeness (QED) is 0.917. The average molecular weight is 339 g/mol. The molecule has 1 heterocycles. The number of nitrogens with zero attached hydrogens (tertiary/aromatic N) is 1. The van der Waals surface area contributed by atoms with Crippen LogP contribution in [0.1, 0.15) is 31.7 Å². The number of hydrogen-bond acceptors (Lipinski definition) is 2. The van der Waals surface area contributed by atoms with Gasteiger partial charge in [0, 0.05) is 30.0 Å². The second kappa shape index (κ2) is 7.23. The van der Waals surface area contributed by atoms with Gasteiger partial charge in [-0.25, -0.2) is 0 Å². The molecule has 0 saturated carbocycles. The van der Waals surface area contributed by atoms with Gasteiger partial charge in [-0.1, -0.05) is 34.1 Å². The summed E-state index contributed by atoms with van der Waals surface area (Å²) in [6.45, 7) is 3.79. The van der Waals surface area contributed by atoms with Gasteiger partial charge >= 0.3 is 0 Å². The van der Waals surface area contributed by atoms with E-state index in [4.69, 9.17) is 5.73 Å². The van der Waals surface area contributed by atoms with Gasteiger partial charge in [-0.15, -0.1) is 0 Å². The molecule has 20 heavy (non-hydrogen) atoms. The van der Waals surface area contributed by atoms with Crippen molar-refractivity contribution < 1.29 is 4.79 Å². The Labute approximate surface area is 129 Å². The lowest BCUT2D eigenvalue weighted by atomic mass is 9.91. The topological polar surface area (TPSA) is 46.3 Å². The van der Waals surface area contributed by atoms with Gasteiger partial charge < -0.3 is 10.6 Å². The molecular formula is C16H23BrN2O. The van der Waals surface area contributed by atoms with Gasteiger partial charge in [0.2, 0.25) is 5.91 Å². The predicted molar refractivity (Wildman–Crippen MR) is 85.4 cm³/mol. The van der Waals surface area contributed by atoms with Crippen molar-refractivity contribution in [3.05, 3.63) is 34.3 Å². The minimum absolute atomic E-state index is 0.243.